The van der Waals surface area contributed by atoms with Crippen molar-refractivity contribution in [3.63, 3.8) is 0 Å². The molecule has 1 heterocycles. The van der Waals surface area contributed by atoms with Crippen molar-refractivity contribution in [2.45, 2.75) is 129 Å². The van der Waals surface area contributed by atoms with Crippen LogP contribution in [-0.2, 0) is 66.1 Å². The summed E-state index contributed by atoms with van der Waals surface area (Å²) in [5.41, 5.74) is 31.6. The van der Waals surface area contributed by atoms with E-state index in [2.05, 4.69) is 104 Å². The molecule has 1 aliphatic heterocycles. The Morgan fingerprint density at radius 1 is 0.649 bits per heavy atom. The lowest BCUT2D eigenvalue weighted by Gasteiger charge is -2.21. The Kier molecular flexibility index (Phi) is 38.5. The second-order valence-corrected chi connectivity index (χ2v) is 17.4. The highest BCUT2D eigenvalue weighted by molar-refractivity contribution is 7.47. The van der Waals surface area contributed by atoms with Crippen molar-refractivity contribution < 1.29 is 92.4 Å². The molecule has 1 rings (SSSR count). The monoisotopic (exact) mass is 1070 g/mol. The van der Waals surface area contributed by atoms with Gasteiger partial charge in [0, 0.05) is 72.4 Å². The van der Waals surface area contributed by atoms with Crippen LogP contribution in [0.1, 0.15) is 138 Å². The van der Waals surface area contributed by atoms with E-state index in [9.17, 15) is 43.0 Å². The van der Waals surface area contributed by atoms with E-state index in [0.29, 0.717) is 6.42 Å². The van der Waals surface area contributed by atoms with Crippen molar-refractivity contribution in [3.05, 3.63) is 99.3 Å². The lowest BCUT2D eigenvalue weighted by molar-refractivity contribution is -0.159. The number of rotatable bonds is 39. The predicted octanol–water partition coefficient (Wildman–Crippen LogP) is 9.42. The maximum atomic E-state index is 12.7. The van der Waals surface area contributed by atoms with E-state index in [1.807, 2.05) is 0 Å². The van der Waals surface area contributed by atoms with E-state index in [1.165, 1.54) is 58.3 Å². The molecule has 1 aliphatic rings. The third-order valence-corrected chi connectivity index (χ3v) is 10.9. The number of nitrogens with one attached hydrogen (secondary N) is 3. The zero-order valence-corrected chi connectivity index (χ0v) is 43.4. The van der Waals surface area contributed by atoms with Gasteiger partial charge in [0.1, 0.15) is 12.6 Å². The van der Waals surface area contributed by atoms with Gasteiger partial charge in [-0.15, -0.1) is 0 Å². The van der Waals surface area contributed by atoms with Gasteiger partial charge in [-0.05, 0) is 83.0 Å². The molecule has 0 spiro atoms. The maximum Gasteiger partial charge on any atom is 0.472 e. The summed E-state index contributed by atoms with van der Waals surface area (Å²) in [6, 6.07) is -0.958. The molecule has 3 unspecified atom stereocenters. The normalized spacial score (nSPS) is 12.4. The first-order chi connectivity index (χ1) is 35.8. The summed E-state index contributed by atoms with van der Waals surface area (Å²) in [6.07, 6.45) is 16.3. The Labute approximate surface area is 456 Å². The summed E-state index contributed by atoms with van der Waals surface area (Å²) in [5.74, 6) is -4.05. The number of unbranched alkanes of at least 4 members (excludes halogenated alkanes) is 12. The van der Waals surface area contributed by atoms with Crippen LogP contribution in [0.25, 0.3) is 0 Å². The summed E-state index contributed by atoms with van der Waals surface area (Å²) < 4.78 is 44.0. The van der Waals surface area contributed by atoms with Crippen LogP contribution in [0.4, 0.5) is 0 Å². The van der Waals surface area contributed by atoms with Crippen LogP contribution in [0.15, 0.2) is 99.3 Å². The molecular formula is C54H99N4O15P. The van der Waals surface area contributed by atoms with Crippen molar-refractivity contribution in [1.29, 1.82) is 0 Å². The smallest absolute Gasteiger partial charge is 0.458 e. The largest absolute Gasteiger partial charge is 0.472 e. The highest BCUT2D eigenvalue weighted by atomic mass is 31.2. The number of esters is 2. The molecule has 0 aliphatic carbocycles. The number of phosphoric ester groups is 1. The molecule has 0 aromatic carbocycles. The maximum absolute atomic E-state index is 12.7. The minimum Gasteiger partial charge on any atom is -0.458 e. The molecule has 0 fully saturated rings. The number of ether oxygens (including phenoxy) is 4. The van der Waals surface area contributed by atoms with Gasteiger partial charge < -0.3 is 39.8 Å². The molecule has 4 N–H and O–H groups in total. The van der Waals surface area contributed by atoms with Gasteiger partial charge in [-0.2, -0.15) is 0 Å². The fourth-order valence-corrected chi connectivity index (χ4v) is 6.93. The topological polar surface area (TPSA) is 251 Å². The second kappa shape index (κ2) is 43.7. The van der Waals surface area contributed by atoms with Crippen LogP contribution in [0, 0.1) is 0 Å². The molecule has 0 bridgehead atoms. The van der Waals surface area contributed by atoms with Crippen molar-refractivity contribution in [1.82, 2.24) is 20.9 Å². The van der Waals surface area contributed by atoms with E-state index in [-0.39, 0.29) is 86.7 Å². The molecule has 19 nitrogen and oxygen atoms in total. The first-order valence-electron chi connectivity index (χ1n) is 24.6. The second-order valence-electron chi connectivity index (χ2n) is 15.9. The van der Waals surface area contributed by atoms with Gasteiger partial charge >= 0.3 is 19.8 Å². The van der Waals surface area contributed by atoms with E-state index in [4.69, 9.17) is 28.0 Å². The minimum atomic E-state index is -4.75. The van der Waals surface area contributed by atoms with Crippen LogP contribution >= 0.6 is 7.82 Å². The average Bonchev–Trinajstić information content (AvgIpc) is 3.72. The summed E-state index contributed by atoms with van der Waals surface area (Å²) >= 11 is 0. The van der Waals surface area contributed by atoms with Crippen LogP contribution in [0.3, 0.4) is 0 Å². The van der Waals surface area contributed by atoms with Crippen molar-refractivity contribution in [3.8, 4) is 0 Å². The first kappa shape index (κ1) is 65.2. The quantitative estimate of drug-likeness (QED) is 0.0112. The van der Waals surface area contributed by atoms with E-state index in [0.717, 1.165) is 48.8 Å². The van der Waals surface area contributed by atoms with Crippen LogP contribution < -0.4 is 16.0 Å². The van der Waals surface area contributed by atoms with Crippen molar-refractivity contribution in [2.24, 2.45) is 0 Å². The van der Waals surface area contributed by atoms with Crippen LogP contribution in [0.2, 0.25) is 0 Å². The number of carbonyl (C=O) groups excluding carboxylic acids is 7. The Morgan fingerprint density at radius 3 is 1.65 bits per heavy atom. The Morgan fingerprint density at radius 2 is 1.12 bits per heavy atom. The van der Waals surface area contributed by atoms with E-state index in [1.54, 1.807) is 0 Å². The Bertz CT molecular complexity index is 2480. The van der Waals surface area contributed by atoms with Gasteiger partial charge in [0.2, 0.25) is 17.7 Å². The predicted molar refractivity (Wildman–Crippen MR) is 301 cm³/mol. The summed E-state index contributed by atoms with van der Waals surface area (Å²) in [4.78, 5) is 96.3. The van der Waals surface area contributed by atoms with Gasteiger partial charge in [-0.3, -0.25) is 42.7 Å². The highest BCUT2D eigenvalue weighted by Crippen LogP contribution is 2.43. The molecule has 0 aromatic heterocycles. The first-order valence-corrected chi connectivity index (χ1v) is 26.1. The molecule has 0 radical (unpaired) electrons. The summed E-state index contributed by atoms with van der Waals surface area (Å²) in [6.45, 7) is 6.17. The third-order valence-electron chi connectivity index (χ3n) is 9.95. The van der Waals surface area contributed by atoms with Gasteiger partial charge in [-0.1, -0.05) is 95.4 Å². The molecule has 0 aromatic rings. The molecule has 5 amide bonds. The number of hydrogen-bond donors (Lipinski definition) is 4. The molecule has 20 heteroatoms. The number of phosphoric acid groups is 1. The van der Waals surface area contributed by atoms with Crippen molar-refractivity contribution in [2.75, 3.05) is 65.9 Å². The zero-order chi connectivity index (χ0) is 54.3. The summed E-state index contributed by atoms with van der Waals surface area (Å²) in [7, 11) is -4.75. The van der Waals surface area contributed by atoms with Gasteiger partial charge in [-0.25, -0.2) is 9.36 Å². The molecular weight excluding hydrogens is 976 g/mol. The number of nitrogens with zero attached hydrogens (tertiary/aromatic N) is 1. The van der Waals surface area contributed by atoms with Gasteiger partial charge in [0.25, 0.3) is 11.8 Å². The Balaban J connectivity index is -0.000000281. The van der Waals surface area contributed by atoms with E-state index < -0.39 is 81.3 Å². The van der Waals surface area contributed by atoms with Crippen molar-refractivity contribution >= 4 is 49.3 Å². The molecule has 74 heavy (non-hydrogen) atoms. The minimum absolute atomic E-state index is 0. The van der Waals surface area contributed by atoms with E-state index >= 15 is 0 Å². The fraction of sp³-hybridized carbons (Fsp3) is 0.556. The molecule has 430 valence electrons. The lowest BCUT2D eigenvalue weighted by atomic mass is 10.0. The number of amides is 5. The zero-order valence-electron chi connectivity index (χ0n) is 42.5. The fourth-order valence-electron chi connectivity index (χ4n) is 6.18. The standard InChI is InChI=1S/C54H69N4O15P.15H2/c1-4-6-8-10-12-14-16-18-20-22-24-26-28-30-52(63)70-44-47(73-53(64)31-29-27-25-23-21-19-17-15-13-11-9-7-5-2)45-72-74(66,67)71-41-38-56-49(60)33-32-48(59)55-36-39-68-42-43-69-40-37-57-54(65)46(3)58-50(61)34-35-51(58)62;;;;;;;;;;;;;;;/h30,34-35,46-47H,1,5,7,9,11,13,15,17,19,21,23,25,27,29,31-33,36-45H2,2-3H3,(H,55,59)(H,56,60)(H,57,65)(H,66,67);15*1H. The Hall–Kier alpha value is -6.86. The van der Waals surface area contributed by atoms with Crippen LogP contribution in [-0.4, -0.2) is 129 Å². The number of carbonyl (C=O) groups is 7. The SMILES string of the molecule is C=C=C=C=C=C=C=C=C=C=C=C=C=C=CC(=O)OCC(COP(=O)(O)OCCNC(=O)CCC(=O)NCCOCCOCCNC(=O)C(C)N1C(=O)C=CC1=O)OC(=O)CCCCCCCCCCCCCCC.[HH].[HH].[HH].[HH].[HH].[HH].[HH].[HH].[HH].[HH].[HH].[HH].[HH].[HH].[HH]. The lowest BCUT2D eigenvalue weighted by Crippen LogP contribution is -2.48. The van der Waals surface area contributed by atoms with Gasteiger partial charge in [0.05, 0.1) is 45.7 Å². The number of hydrogen-bond acceptors (Lipinski definition) is 14. The molecule has 3 atom stereocenters. The van der Waals surface area contributed by atoms with Crippen LogP contribution in [0.5, 0.6) is 0 Å². The van der Waals surface area contributed by atoms with Gasteiger partial charge in [0.15, 0.2) is 6.10 Å². The summed E-state index contributed by atoms with van der Waals surface area (Å²) in [5, 5.41) is 7.66. The third kappa shape index (κ3) is 37.0. The highest BCUT2D eigenvalue weighted by Gasteiger charge is 2.32. The average molecular weight is 1080 g/mol. The molecule has 0 saturated carbocycles. The molecule has 0 saturated heterocycles. The number of imide groups is 1.